The number of halogens is 3. The minimum atomic E-state index is -4.57. The van der Waals surface area contributed by atoms with E-state index in [1.54, 1.807) is 24.3 Å². The van der Waals surface area contributed by atoms with Gasteiger partial charge in [-0.3, -0.25) is 14.5 Å². The smallest absolute Gasteiger partial charge is 0.416 e. The van der Waals surface area contributed by atoms with Gasteiger partial charge in [0, 0.05) is 23.9 Å². The van der Waals surface area contributed by atoms with Gasteiger partial charge in [-0.2, -0.15) is 18.3 Å². The number of para-hydroxylation sites is 1. The molecule has 170 valence electrons. The molecular formula is C23H18F3N3O4. The number of anilines is 1. The van der Waals surface area contributed by atoms with Crippen LogP contribution in [0.15, 0.2) is 59.4 Å². The normalized spacial score (nSPS) is 15.3. The molecule has 0 N–H and O–H groups in total. The molecule has 10 heteroatoms. The van der Waals surface area contributed by atoms with E-state index in [4.69, 9.17) is 4.74 Å². The molecular weight excluding hydrogens is 439 g/mol. The van der Waals surface area contributed by atoms with Crippen LogP contribution in [0.4, 0.5) is 18.9 Å². The fourth-order valence-electron chi connectivity index (χ4n) is 3.85. The quantitative estimate of drug-likeness (QED) is 0.564. The number of nitrogens with zero attached hydrogens (tertiary/aromatic N) is 3. The summed E-state index contributed by atoms with van der Waals surface area (Å²) in [7, 11) is 1.19. The predicted molar refractivity (Wildman–Crippen MR) is 112 cm³/mol. The molecule has 2 heterocycles. The molecule has 2 aromatic carbocycles. The van der Waals surface area contributed by atoms with Crippen molar-refractivity contribution in [1.29, 1.82) is 0 Å². The highest BCUT2D eigenvalue weighted by atomic mass is 19.4. The van der Waals surface area contributed by atoms with Crippen molar-refractivity contribution in [2.24, 2.45) is 0 Å². The van der Waals surface area contributed by atoms with Crippen LogP contribution in [0, 0.1) is 6.92 Å². The number of methoxy groups -OCH3 is 1. The van der Waals surface area contributed by atoms with Crippen LogP contribution in [0.25, 0.3) is 5.69 Å². The van der Waals surface area contributed by atoms with Gasteiger partial charge in [-0.05, 0) is 36.8 Å². The van der Waals surface area contributed by atoms with Crippen molar-refractivity contribution < 1.29 is 27.5 Å². The molecule has 1 atom stereocenters. The number of aryl methyl sites for hydroxylation is 1. The van der Waals surface area contributed by atoms with Crippen LogP contribution < -0.4 is 10.3 Å². The summed E-state index contributed by atoms with van der Waals surface area (Å²) < 4.78 is 45.4. The molecule has 0 bridgehead atoms. The van der Waals surface area contributed by atoms with Crippen molar-refractivity contribution in [3.63, 3.8) is 0 Å². The molecule has 3 aromatic rings. The van der Waals surface area contributed by atoms with E-state index < -0.39 is 40.8 Å². The van der Waals surface area contributed by atoms with E-state index in [1.807, 2.05) is 0 Å². The minimum absolute atomic E-state index is 0.0303. The van der Waals surface area contributed by atoms with Gasteiger partial charge in [-0.25, -0.2) is 9.48 Å². The van der Waals surface area contributed by atoms with Gasteiger partial charge in [-0.1, -0.05) is 24.3 Å². The fraction of sp³-hybridized carbons (Fsp3) is 0.217. The van der Waals surface area contributed by atoms with Gasteiger partial charge in [0.1, 0.15) is 6.04 Å². The molecule has 0 spiro atoms. The van der Waals surface area contributed by atoms with E-state index in [0.717, 1.165) is 27.8 Å². The van der Waals surface area contributed by atoms with Crippen molar-refractivity contribution >= 4 is 17.6 Å². The second-order valence-corrected chi connectivity index (χ2v) is 7.51. The summed E-state index contributed by atoms with van der Waals surface area (Å²) in [6.45, 7) is 1.49. The van der Waals surface area contributed by atoms with E-state index in [1.165, 1.54) is 26.2 Å². The highest BCUT2D eigenvalue weighted by molar-refractivity contribution is 6.10. The molecule has 0 aliphatic carbocycles. The molecule has 1 aliphatic heterocycles. The second-order valence-electron chi connectivity index (χ2n) is 7.51. The number of carbonyl (C=O) groups excluding carboxylic acids is 2. The van der Waals surface area contributed by atoms with Gasteiger partial charge in [0.2, 0.25) is 5.43 Å². The lowest BCUT2D eigenvalue weighted by Gasteiger charge is -2.23. The van der Waals surface area contributed by atoms with Crippen LogP contribution in [0.2, 0.25) is 0 Å². The molecule has 0 saturated carbocycles. The average Bonchev–Trinajstić information content (AvgIpc) is 3.17. The summed E-state index contributed by atoms with van der Waals surface area (Å²) in [6, 6.07) is 11.3. The summed E-state index contributed by atoms with van der Waals surface area (Å²) >= 11 is 0. The molecule has 1 amide bonds. The van der Waals surface area contributed by atoms with Crippen molar-refractivity contribution in [1.82, 2.24) is 9.78 Å². The molecule has 0 fully saturated rings. The van der Waals surface area contributed by atoms with E-state index >= 15 is 0 Å². The van der Waals surface area contributed by atoms with Gasteiger partial charge in [-0.15, -0.1) is 0 Å². The Morgan fingerprint density at radius 3 is 2.52 bits per heavy atom. The van der Waals surface area contributed by atoms with Crippen LogP contribution in [-0.2, 0) is 22.1 Å². The van der Waals surface area contributed by atoms with Crippen LogP contribution in [0.5, 0.6) is 0 Å². The Morgan fingerprint density at radius 2 is 1.82 bits per heavy atom. The first kappa shape index (κ1) is 22.3. The Morgan fingerprint density at radius 1 is 1.09 bits per heavy atom. The van der Waals surface area contributed by atoms with Crippen molar-refractivity contribution in [3.05, 3.63) is 87.3 Å². The molecule has 4 rings (SSSR count). The van der Waals surface area contributed by atoms with E-state index in [0.29, 0.717) is 11.3 Å². The van der Waals surface area contributed by atoms with Gasteiger partial charge >= 0.3 is 12.1 Å². The van der Waals surface area contributed by atoms with Crippen LogP contribution in [0.1, 0.15) is 27.3 Å². The van der Waals surface area contributed by atoms with Crippen LogP contribution >= 0.6 is 0 Å². The topological polar surface area (TPSA) is 81.5 Å². The third kappa shape index (κ3) is 3.99. The van der Waals surface area contributed by atoms with Crippen molar-refractivity contribution in [2.75, 3.05) is 12.0 Å². The first-order chi connectivity index (χ1) is 15.6. The summed E-state index contributed by atoms with van der Waals surface area (Å²) in [5.41, 5.74) is -0.717. The Bertz CT molecular complexity index is 1320. The van der Waals surface area contributed by atoms with Gasteiger partial charge < -0.3 is 4.74 Å². The average molecular weight is 457 g/mol. The highest BCUT2D eigenvalue weighted by Gasteiger charge is 2.40. The summed E-state index contributed by atoms with van der Waals surface area (Å²) in [5.74, 6) is -1.51. The summed E-state index contributed by atoms with van der Waals surface area (Å²) in [5, 5.41) is 4.10. The zero-order chi connectivity index (χ0) is 23.9. The lowest BCUT2D eigenvalue weighted by Crippen LogP contribution is -2.45. The molecule has 33 heavy (non-hydrogen) atoms. The maximum absolute atomic E-state index is 13.4. The summed E-state index contributed by atoms with van der Waals surface area (Å²) in [4.78, 5) is 39.6. The zero-order valence-corrected chi connectivity index (χ0v) is 17.6. The predicted octanol–water partition coefficient (Wildman–Crippen LogP) is 3.30. The van der Waals surface area contributed by atoms with Gasteiger partial charge in [0.15, 0.2) is 5.69 Å². The second kappa shape index (κ2) is 8.19. The van der Waals surface area contributed by atoms with Gasteiger partial charge in [0.05, 0.1) is 18.4 Å². The number of hydrogen-bond acceptors (Lipinski definition) is 5. The van der Waals surface area contributed by atoms with Gasteiger partial charge in [0.25, 0.3) is 5.91 Å². The lowest BCUT2D eigenvalue weighted by molar-refractivity contribution is -0.142. The summed E-state index contributed by atoms with van der Waals surface area (Å²) in [6.07, 6.45) is -4.38. The largest absolute Gasteiger partial charge is 0.467 e. The molecule has 7 nitrogen and oxygen atoms in total. The molecule has 0 saturated heterocycles. The Hall–Kier alpha value is -3.95. The Balaban J connectivity index is 1.82. The van der Waals surface area contributed by atoms with E-state index in [9.17, 15) is 27.6 Å². The molecule has 1 unspecified atom stereocenters. The first-order valence-corrected chi connectivity index (χ1v) is 9.89. The third-order valence-electron chi connectivity index (χ3n) is 5.40. The zero-order valence-electron chi connectivity index (χ0n) is 17.6. The number of carbonyl (C=O) groups is 2. The molecule has 0 radical (unpaired) electrons. The maximum Gasteiger partial charge on any atom is 0.416 e. The third-order valence-corrected chi connectivity index (χ3v) is 5.40. The SMILES string of the molecule is COC(=O)C1Cc2ccccc2N1C(=O)c1nn(-c2cccc(C(F)(F)F)c2)c(C)cc1=O. The van der Waals surface area contributed by atoms with E-state index in [-0.39, 0.29) is 17.8 Å². The standard InChI is InChI=1S/C23H18F3N3O4/c1-13-10-19(30)20(27-29(13)16-8-5-7-15(12-16)23(24,25)26)21(31)28-17-9-4-3-6-14(17)11-18(28)22(32)33-2/h3-10,12,18H,11H2,1-2H3. The number of aromatic nitrogens is 2. The van der Waals surface area contributed by atoms with Crippen LogP contribution in [0.3, 0.4) is 0 Å². The minimum Gasteiger partial charge on any atom is -0.467 e. The molecule has 1 aliphatic rings. The monoisotopic (exact) mass is 457 g/mol. The first-order valence-electron chi connectivity index (χ1n) is 9.89. The molecule has 1 aromatic heterocycles. The number of rotatable bonds is 3. The Kier molecular flexibility index (Phi) is 5.52. The number of fused-ring (bicyclic) bond motifs is 1. The Labute approximate surface area is 186 Å². The highest BCUT2D eigenvalue weighted by Crippen LogP contribution is 2.34. The van der Waals surface area contributed by atoms with Crippen LogP contribution in [-0.4, -0.2) is 34.8 Å². The van der Waals surface area contributed by atoms with E-state index in [2.05, 4.69) is 5.10 Å². The lowest BCUT2D eigenvalue weighted by atomic mass is 10.1. The number of hydrogen-bond donors (Lipinski definition) is 0. The number of amides is 1. The van der Waals surface area contributed by atoms with Crippen molar-refractivity contribution in [2.45, 2.75) is 25.6 Å². The fourth-order valence-corrected chi connectivity index (χ4v) is 3.85. The maximum atomic E-state index is 13.4. The number of benzene rings is 2. The number of ether oxygens (including phenoxy) is 1. The number of alkyl halides is 3. The number of esters is 1. The van der Waals surface area contributed by atoms with Crippen molar-refractivity contribution in [3.8, 4) is 5.69 Å².